The third-order valence-electron chi connectivity index (χ3n) is 6.40. The fourth-order valence-electron chi connectivity index (χ4n) is 4.12. The molecule has 9 heteroatoms. The molecule has 0 aliphatic rings. The van der Waals surface area contributed by atoms with Crippen molar-refractivity contribution in [3.05, 3.63) is 76.0 Å². The van der Waals surface area contributed by atoms with E-state index in [0.29, 0.717) is 56.3 Å². The highest BCUT2D eigenvalue weighted by molar-refractivity contribution is 7.09. The van der Waals surface area contributed by atoms with Gasteiger partial charge in [-0.25, -0.2) is 4.79 Å². The van der Waals surface area contributed by atoms with Crippen LogP contribution >= 0.6 is 11.3 Å². The summed E-state index contributed by atoms with van der Waals surface area (Å²) in [5, 5.41) is 4.94. The van der Waals surface area contributed by atoms with Crippen molar-refractivity contribution in [2.24, 2.45) is 0 Å². The maximum Gasteiger partial charge on any atom is 0.322 e. The maximum atomic E-state index is 13.6. The van der Waals surface area contributed by atoms with E-state index in [1.165, 1.54) is 5.56 Å². The number of amides is 3. The van der Waals surface area contributed by atoms with E-state index in [1.54, 1.807) is 37.6 Å². The van der Waals surface area contributed by atoms with E-state index < -0.39 is 0 Å². The predicted molar refractivity (Wildman–Crippen MR) is 156 cm³/mol. The van der Waals surface area contributed by atoms with Crippen molar-refractivity contribution in [2.45, 2.75) is 32.7 Å². The lowest BCUT2D eigenvalue weighted by molar-refractivity contribution is -0.132. The van der Waals surface area contributed by atoms with Crippen molar-refractivity contribution in [1.29, 1.82) is 0 Å². The number of nitrogens with one attached hydrogen (secondary N) is 1. The summed E-state index contributed by atoms with van der Waals surface area (Å²) in [5.74, 6) is 1.20. The SMILES string of the molecule is CCc1ccc(NC(=O)N(CCCOC)CC(=O)N(CCc2ccc(OC)c(OC)c2)Cc2cccs2)cc1. The summed E-state index contributed by atoms with van der Waals surface area (Å²) in [6.45, 7) is 3.94. The van der Waals surface area contributed by atoms with E-state index in [1.807, 2.05) is 64.9 Å². The van der Waals surface area contributed by atoms with Crippen LogP contribution in [-0.2, 0) is 28.9 Å². The Morgan fingerprint density at radius 2 is 1.64 bits per heavy atom. The fraction of sp³-hybridized carbons (Fsp3) is 0.400. The van der Waals surface area contributed by atoms with Crippen molar-refractivity contribution in [2.75, 3.05) is 52.9 Å². The number of carbonyl (C=O) groups is 2. The molecule has 3 aromatic rings. The third kappa shape index (κ3) is 9.30. The molecule has 2 aromatic carbocycles. The van der Waals surface area contributed by atoms with Gasteiger partial charge >= 0.3 is 6.03 Å². The number of carbonyl (C=O) groups excluding carboxylic acids is 2. The molecule has 3 rings (SSSR count). The van der Waals surface area contributed by atoms with Crippen molar-refractivity contribution in [3.8, 4) is 11.5 Å². The van der Waals surface area contributed by atoms with E-state index in [0.717, 1.165) is 16.9 Å². The first-order valence-electron chi connectivity index (χ1n) is 13.1. The zero-order chi connectivity index (χ0) is 28.0. The van der Waals surface area contributed by atoms with Gasteiger partial charge in [-0.3, -0.25) is 4.79 Å². The van der Waals surface area contributed by atoms with Crippen LogP contribution in [0.4, 0.5) is 10.5 Å². The predicted octanol–water partition coefficient (Wildman–Crippen LogP) is 5.47. The molecule has 0 saturated heterocycles. The van der Waals surface area contributed by atoms with Crippen molar-refractivity contribution in [3.63, 3.8) is 0 Å². The molecular formula is C30H39N3O5S. The van der Waals surface area contributed by atoms with Crippen LogP contribution in [0.2, 0.25) is 0 Å². The number of methoxy groups -OCH3 is 3. The minimum absolute atomic E-state index is 0.0279. The van der Waals surface area contributed by atoms with Gasteiger partial charge in [-0.1, -0.05) is 31.2 Å². The van der Waals surface area contributed by atoms with E-state index in [9.17, 15) is 9.59 Å². The van der Waals surface area contributed by atoms with Gasteiger partial charge in [0, 0.05) is 37.4 Å². The topological polar surface area (TPSA) is 80.3 Å². The Bertz CT molecular complexity index is 1170. The summed E-state index contributed by atoms with van der Waals surface area (Å²) >= 11 is 1.61. The molecule has 0 radical (unpaired) electrons. The van der Waals surface area contributed by atoms with Gasteiger partial charge in [-0.2, -0.15) is 0 Å². The van der Waals surface area contributed by atoms with Crippen LogP contribution in [0, 0.1) is 0 Å². The minimum Gasteiger partial charge on any atom is -0.493 e. The van der Waals surface area contributed by atoms with Gasteiger partial charge in [0.1, 0.15) is 6.54 Å². The Hall–Kier alpha value is -3.56. The molecular weight excluding hydrogens is 514 g/mol. The summed E-state index contributed by atoms with van der Waals surface area (Å²) < 4.78 is 16.0. The first-order valence-corrected chi connectivity index (χ1v) is 14.0. The molecule has 210 valence electrons. The van der Waals surface area contributed by atoms with Crippen LogP contribution in [-0.4, -0.2) is 69.3 Å². The number of urea groups is 1. The quantitative estimate of drug-likeness (QED) is 0.253. The summed E-state index contributed by atoms with van der Waals surface area (Å²) in [6.07, 6.45) is 2.19. The lowest BCUT2D eigenvalue weighted by atomic mass is 10.1. The number of thiophene rings is 1. The molecule has 1 N–H and O–H groups in total. The van der Waals surface area contributed by atoms with Crippen LogP contribution in [0.25, 0.3) is 0 Å². The molecule has 0 bridgehead atoms. The highest BCUT2D eigenvalue weighted by Crippen LogP contribution is 2.28. The first-order chi connectivity index (χ1) is 19.0. The number of rotatable bonds is 15. The molecule has 1 heterocycles. The molecule has 0 fully saturated rings. The summed E-state index contributed by atoms with van der Waals surface area (Å²) in [6, 6.07) is 17.2. The van der Waals surface area contributed by atoms with Crippen LogP contribution in [0.3, 0.4) is 0 Å². The van der Waals surface area contributed by atoms with E-state index in [-0.39, 0.29) is 18.5 Å². The molecule has 3 amide bonds. The van der Waals surface area contributed by atoms with Gasteiger partial charge < -0.3 is 29.3 Å². The number of anilines is 1. The summed E-state index contributed by atoms with van der Waals surface area (Å²) in [4.78, 5) is 31.3. The van der Waals surface area contributed by atoms with Crippen LogP contribution in [0.1, 0.15) is 29.3 Å². The first kappa shape index (κ1) is 30.0. The molecule has 8 nitrogen and oxygen atoms in total. The number of hydrogen-bond acceptors (Lipinski definition) is 6. The van der Waals surface area contributed by atoms with E-state index in [2.05, 4.69) is 12.2 Å². The summed E-state index contributed by atoms with van der Waals surface area (Å²) in [5.41, 5.74) is 2.92. The van der Waals surface area contributed by atoms with Crippen molar-refractivity contribution < 1.29 is 23.8 Å². The lowest BCUT2D eigenvalue weighted by Crippen LogP contribution is -2.45. The Morgan fingerprint density at radius 3 is 2.28 bits per heavy atom. The third-order valence-corrected chi connectivity index (χ3v) is 7.26. The van der Waals surface area contributed by atoms with Gasteiger partial charge in [0.25, 0.3) is 0 Å². The molecule has 0 aliphatic carbocycles. The number of ether oxygens (including phenoxy) is 3. The second kappa shape index (κ2) is 15.8. The molecule has 0 spiro atoms. The molecule has 0 unspecified atom stereocenters. The number of nitrogens with zero attached hydrogens (tertiary/aromatic N) is 2. The molecule has 0 aliphatic heterocycles. The Labute approximate surface area is 235 Å². The zero-order valence-electron chi connectivity index (χ0n) is 23.3. The van der Waals surface area contributed by atoms with Gasteiger partial charge in [-0.15, -0.1) is 11.3 Å². The largest absolute Gasteiger partial charge is 0.493 e. The van der Waals surface area contributed by atoms with E-state index in [4.69, 9.17) is 14.2 Å². The monoisotopic (exact) mass is 553 g/mol. The number of aryl methyl sites for hydroxylation is 1. The van der Waals surface area contributed by atoms with Crippen LogP contribution < -0.4 is 14.8 Å². The number of hydrogen-bond donors (Lipinski definition) is 1. The van der Waals surface area contributed by atoms with E-state index >= 15 is 0 Å². The van der Waals surface area contributed by atoms with Crippen LogP contribution in [0.5, 0.6) is 11.5 Å². The molecule has 39 heavy (non-hydrogen) atoms. The average Bonchev–Trinajstić information content (AvgIpc) is 3.48. The zero-order valence-corrected chi connectivity index (χ0v) is 24.1. The lowest BCUT2D eigenvalue weighted by Gasteiger charge is -2.28. The van der Waals surface area contributed by atoms with Crippen molar-refractivity contribution >= 4 is 29.0 Å². The normalized spacial score (nSPS) is 10.7. The van der Waals surface area contributed by atoms with Gasteiger partial charge in [0.05, 0.1) is 20.8 Å². The van der Waals surface area contributed by atoms with Gasteiger partial charge in [0.2, 0.25) is 5.91 Å². The molecule has 0 saturated carbocycles. The maximum absolute atomic E-state index is 13.6. The smallest absolute Gasteiger partial charge is 0.322 e. The summed E-state index contributed by atoms with van der Waals surface area (Å²) in [7, 11) is 4.84. The average molecular weight is 554 g/mol. The Morgan fingerprint density at radius 1 is 0.897 bits per heavy atom. The highest BCUT2D eigenvalue weighted by atomic mass is 32.1. The second-order valence-corrected chi connectivity index (χ2v) is 10.1. The number of benzene rings is 2. The van der Waals surface area contributed by atoms with Gasteiger partial charge in [-0.05, 0) is 66.1 Å². The Kier molecular flexibility index (Phi) is 12.1. The minimum atomic E-state index is -0.306. The van der Waals surface area contributed by atoms with Crippen molar-refractivity contribution in [1.82, 2.24) is 9.80 Å². The molecule has 1 aromatic heterocycles. The second-order valence-electron chi connectivity index (χ2n) is 9.08. The fourth-order valence-corrected chi connectivity index (χ4v) is 4.84. The highest BCUT2D eigenvalue weighted by Gasteiger charge is 2.22. The van der Waals surface area contributed by atoms with Crippen LogP contribution in [0.15, 0.2) is 60.0 Å². The van der Waals surface area contributed by atoms with Gasteiger partial charge in [0.15, 0.2) is 11.5 Å². The molecule has 0 atom stereocenters. The Balaban J connectivity index is 1.73. The standard InChI is InChI=1S/C30H39N3O5S/c1-5-23-9-12-25(13-10-23)31-30(35)33(16-7-18-36-2)22-29(34)32(21-26-8-6-19-39-26)17-15-24-11-14-27(37-3)28(20-24)38-4/h6,8-14,19-20H,5,7,15-18,21-22H2,1-4H3,(H,31,35).